The molecule has 1 aromatic rings. The van der Waals surface area contributed by atoms with Crippen molar-refractivity contribution >= 4 is 17.7 Å². The first-order chi connectivity index (χ1) is 10.6. The molecule has 1 fully saturated rings. The van der Waals surface area contributed by atoms with Crippen molar-refractivity contribution in [1.82, 2.24) is 14.9 Å². The SMILES string of the molecule is CCOC(=O)N1CCC(Nc2cc(NC(C)C)ncn2)CC1. The lowest BCUT2D eigenvalue weighted by Crippen LogP contribution is -2.42. The van der Waals surface area contributed by atoms with E-state index in [0.29, 0.717) is 31.8 Å². The van der Waals surface area contributed by atoms with E-state index in [2.05, 4.69) is 34.4 Å². The number of amides is 1. The van der Waals surface area contributed by atoms with Crippen LogP contribution in [0, 0.1) is 0 Å². The third-order valence-electron chi connectivity index (χ3n) is 3.48. The van der Waals surface area contributed by atoms with Crippen LogP contribution in [-0.4, -0.2) is 52.7 Å². The van der Waals surface area contributed by atoms with Gasteiger partial charge in [-0.1, -0.05) is 0 Å². The first kappa shape index (κ1) is 16.3. The second kappa shape index (κ2) is 7.82. The number of carbonyl (C=O) groups excluding carboxylic acids is 1. The maximum atomic E-state index is 11.7. The van der Waals surface area contributed by atoms with E-state index in [4.69, 9.17) is 4.74 Å². The molecule has 1 aromatic heterocycles. The molecule has 7 heteroatoms. The van der Waals surface area contributed by atoms with E-state index >= 15 is 0 Å². The van der Waals surface area contributed by atoms with Gasteiger partial charge in [-0.2, -0.15) is 0 Å². The molecule has 1 saturated heterocycles. The van der Waals surface area contributed by atoms with Crippen LogP contribution in [0.15, 0.2) is 12.4 Å². The Morgan fingerprint density at radius 1 is 1.36 bits per heavy atom. The number of ether oxygens (including phenoxy) is 1. The van der Waals surface area contributed by atoms with E-state index in [0.717, 1.165) is 24.5 Å². The zero-order valence-corrected chi connectivity index (χ0v) is 13.5. The van der Waals surface area contributed by atoms with Gasteiger partial charge in [-0.25, -0.2) is 14.8 Å². The number of nitrogens with zero attached hydrogens (tertiary/aromatic N) is 3. The number of carbonyl (C=O) groups is 1. The Balaban J connectivity index is 1.84. The average Bonchev–Trinajstić information content (AvgIpc) is 2.48. The summed E-state index contributed by atoms with van der Waals surface area (Å²) in [6.07, 6.45) is 3.11. The summed E-state index contributed by atoms with van der Waals surface area (Å²) in [6.45, 7) is 7.80. The summed E-state index contributed by atoms with van der Waals surface area (Å²) in [5.41, 5.74) is 0. The minimum Gasteiger partial charge on any atom is -0.450 e. The molecule has 0 saturated carbocycles. The third-order valence-corrected chi connectivity index (χ3v) is 3.48. The maximum Gasteiger partial charge on any atom is 0.409 e. The quantitative estimate of drug-likeness (QED) is 0.869. The highest BCUT2D eigenvalue weighted by atomic mass is 16.6. The number of piperidine rings is 1. The Bertz CT molecular complexity index is 487. The largest absolute Gasteiger partial charge is 0.450 e. The summed E-state index contributed by atoms with van der Waals surface area (Å²) < 4.78 is 5.03. The van der Waals surface area contributed by atoms with Crippen molar-refractivity contribution in [2.45, 2.75) is 45.7 Å². The van der Waals surface area contributed by atoms with Crippen LogP contribution in [0.2, 0.25) is 0 Å². The topological polar surface area (TPSA) is 79.4 Å². The van der Waals surface area contributed by atoms with Crippen LogP contribution in [0.4, 0.5) is 16.4 Å². The monoisotopic (exact) mass is 307 g/mol. The van der Waals surface area contributed by atoms with E-state index in [-0.39, 0.29) is 6.09 Å². The van der Waals surface area contributed by atoms with Gasteiger partial charge < -0.3 is 20.3 Å². The van der Waals surface area contributed by atoms with Gasteiger partial charge in [-0.3, -0.25) is 0 Å². The molecule has 0 spiro atoms. The standard InChI is InChI=1S/C15H25N5O2/c1-4-22-15(21)20-7-5-12(6-8-20)19-14-9-13(16-10-17-14)18-11(2)3/h9-12H,4-8H2,1-3H3,(H2,16,17,18,19). The van der Waals surface area contributed by atoms with E-state index < -0.39 is 0 Å². The highest BCUT2D eigenvalue weighted by molar-refractivity contribution is 5.67. The summed E-state index contributed by atoms with van der Waals surface area (Å²) >= 11 is 0. The molecule has 0 atom stereocenters. The summed E-state index contributed by atoms with van der Waals surface area (Å²) in [4.78, 5) is 21.9. The molecule has 0 aliphatic carbocycles. The van der Waals surface area contributed by atoms with Crippen molar-refractivity contribution in [1.29, 1.82) is 0 Å². The van der Waals surface area contributed by atoms with Crippen LogP contribution >= 0.6 is 0 Å². The van der Waals surface area contributed by atoms with E-state index in [1.165, 1.54) is 0 Å². The van der Waals surface area contributed by atoms with E-state index in [1.807, 2.05) is 13.0 Å². The molecule has 0 bridgehead atoms. The van der Waals surface area contributed by atoms with Crippen LogP contribution in [0.3, 0.4) is 0 Å². The molecular weight excluding hydrogens is 282 g/mol. The van der Waals surface area contributed by atoms with Gasteiger partial charge in [-0.05, 0) is 33.6 Å². The maximum absolute atomic E-state index is 11.7. The predicted molar refractivity (Wildman–Crippen MR) is 86.0 cm³/mol. The number of aromatic nitrogens is 2. The molecule has 1 amide bonds. The first-order valence-electron chi connectivity index (χ1n) is 7.85. The Labute approximate surface area is 131 Å². The molecule has 0 aromatic carbocycles. The molecule has 2 N–H and O–H groups in total. The molecule has 2 rings (SSSR count). The van der Waals surface area contributed by atoms with Crippen molar-refractivity contribution in [2.75, 3.05) is 30.3 Å². The van der Waals surface area contributed by atoms with Crippen molar-refractivity contribution in [2.24, 2.45) is 0 Å². The summed E-state index contributed by atoms with van der Waals surface area (Å²) in [7, 11) is 0. The molecule has 0 unspecified atom stereocenters. The van der Waals surface area contributed by atoms with Gasteiger partial charge in [-0.15, -0.1) is 0 Å². The Morgan fingerprint density at radius 2 is 2.05 bits per heavy atom. The fourth-order valence-electron chi connectivity index (χ4n) is 2.44. The number of hydrogen-bond acceptors (Lipinski definition) is 6. The average molecular weight is 307 g/mol. The van der Waals surface area contributed by atoms with Crippen LogP contribution in [-0.2, 0) is 4.74 Å². The smallest absolute Gasteiger partial charge is 0.409 e. The normalized spacial score (nSPS) is 15.7. The Morgan fingerprint density at radius 3 is 2.68 bits per heavy atom. The number of likely N-dealkylation sites (tertiary alicyclic amines) is 1. The number of anilines is 2. The van der Waals surface area contributed by atoms with Crippen LogP contribution in [0.1, 0.15) is 33.6 Å². The van der Waals surface area contributed by atoms with Crippen molar-refractivity contribution < 1.29 is 9.53 Å². The van der Waals surface area contributed by atoms with E-state index in [1.54, 1.807) is 11.2 Å². The Hall–Kier alpha value is -2.05. The second-order valence-electron chi connectivity index (χ2n) is 5.69. The summed E-state index contributed by atoms with van der Waals surface area (Å²) in [5.74, 6) is 1.63. The number of hydrogen-bond donors (Lipinski definition) is 2. The fraction of sp³-hybridized carbons (Fsp3) is 0.667. The minimum atomic E-state index is -0.216. The zero-order chi connectivity index (χ0) is 15.9. The lowest BCUT2D eigenvalue weighted by molar-refractivity contribution is 0.0983. The van der Waals surface area contributed by atoms with Gasteiger partial charge >= 0.3 is 6.09 Å². The lowest BCUT2D eigenvalue weighted by Gasteiger charge is -2.31. The zero-order valence-electron chi connectivity index (χ0n) is 13.5. The van der Waals surface area contributed by atoms with Crippen LogP contribution in [0.5, 0.6) is 0 Å². The van der Waals surface area contributed by atoms with Crippen LogP contribution in [0.25, 0.3) is 0 Å². The molecule has 1 aliphatic heterocycles. The molecule has 0 radical (unpaired) electrons. The minimum absolute atomic E-state index is 0.216. The van der Waals surface area contributed by atoms with Gasteiger partial charge in [0.2, 0.25) is 0 Å². The Kier molecular flexibility index (Phi) is 5.80. The van der Waals surface area contributed by atoms with Gasteiger partial charge in [0, 0.05) is 31.2 Å². The molecule has 122 valence electrons. The molecule has 1 aliphatic rings. The third kappa shape index (κ3) is 4.75. The highest BCUT2D eigenvalue weighted by Gasteiger charge is 2.23. The molecule has 2 heterocycles. The van der Waals surface area contributed by atoms with Gasteiger partial charge in [0.15, 0.2) is 0 Å². The highest BCUT2D eigenvalue weighted by Crippen LogP contribution is 2.17. The van der Waals surface area contributed by atoms with Crippen molar-refractivity contribution in [3.05, 3.63) is 12.4 Å². The van der Waals surface area contributed by atoms with Crippen molar-refractivity contribution in [3.63, 3.8) is 0 Å². The van der Waals surface area contributed by atoms with Gasteiger partial charge in [0.1, 0.15) is 18.0 Å². The molecular formula is C15H25N5O2. The lowest BCUT2D eigenvalue weighted by atomic mass is 10.1. The fourth-order valence-corrected chi connectivity index (χ4v) is 2.44. The van der Waals surface area contributed by atoms with Crippen LogP contribution < -0.4 is 10.6 Å². The van der Waals surface area contributed by atoms with Gasteiger partial charge in [0.05, 0.1) is 6.61 Å². The summed E-state index contributed by atoms with van der Waals surface area (Å²) in [6, 6.07) is 2.56. The number of rotatable bonds is 5. The number of nitrogens with one attached hydrogen (secondary N) is 2. The second-order valence-corrected chi connectivity index (χ2v) is 5.69. The molecule has 7 nitrogen and oxygen atoms in total. The van der Waals surface area contributed by atoms with Gasteiger partial charge in [0.25, 0.3) is 0 Å². The predicted octanol–water partition coefficient (Wildman–Crippen LogP) is 2.33. The van der Waals surface area contributed by atoms with E-state index in [9.17, 15) is 4.79 Å². The molecule has 22 heavy (non-hydrogen) atoms. The first-order valence-corrected chi connectivity index (χ1v) is 7.85. The summed E-state index contributed by atoms with van der Waals surface area (Å²) in [5, 5.41) is 6.67. The van der Waals surface area contributed by atoms with Crippen molar-refractivity contribution in [3.8, 4) is 0 Å².